The molecule has 1 saturated heterocycles. The molecule has 1 N–H and O–H groups in total. The summed E-state index contributed by atoms with van der Waals surface area (Å²) < 4.78 is 11.7. The van der Waals surface area contributed by atoms with Gasteiger partial charge in [-0.2, -0.15) is 0 Å². The Kier molecular flexibility index (Phi) is 9.74. The van der Waals surface area contributed by atoms with Gasteiger partial charge in [-0.3, -0.25) is 0 Å². The third kappa shape index (κ3) is 7.89. The van der Waals surface area contributed by atoms with Gasteiger partial charge in [0.2, 0.25) is 0 Å². The summed E-state index contributed by atoms with van der Waals surface area (Å²) in [6.45, 7) is 4.78. The molecule has 0 bridgehead atoms. The lowest BCUT2D eigenvalue weighted by atomic mass is 10.0. The molecule has 1 heterocycles. The highest BCUT2D eigenvalue weighted by atomic mass is 16.7. The van der Waals surface area contributed by atoms with Crippen LogP contribution in [0, 0.1) is 11.8 Å². The molecule has 0 aromatic carbocycles. The van der Waals surface area contributed by atoms with Gasteiger partial charge in [0.05, 0.1) is 6.10 Å². The second-order valence-electron chi connectivity index (χ2n) is 5.54. The van der Waals surface area contributed by atoms with Gasteiger partial charge in [-0.05, 0) is 45.4 Å². The number of hydrogen-bond donors (Lipinski definition) is 1. The molecular formula is C17H30O3. The molecule has 3 nitrogen and oxygen atoms in total. The van der Waals surface area contributed by atoms with Crippen LogP contribution < -0.4 is 0 Å². The van der Waals surface area contributed by atoms with E-state index in [0.717, 1.165) is 32.3 Å². The predicted molar refractivity (Wildman–Crippen MR) is 81.3 cm³/mol. The van der Waals surface area contributed by atoms with Crippen LogP contribution >= 0.6 is 0 Å². The molecule has 1 aliphatic heterocycles. The van der Waals surface area contributed by atoms with Crippen molar-refractivity contribution in [2.24, 2.45) is 0 Å². The Morgan fingerprint density at radius 2 is 2.10 bits per heavy atom. The third-order valence-corrected chi connectivity index (χ3v) is 3.68. The second-order valence-corrected chi connectivity index (χ2v) is 5.54. The Labute approximate surface area is 124 Å². The largest absolute Gasteiger partial charge is 0.380 e. The van der Waals surface area contributed by atoms with E-state index in [9.17, 15) is 5.11 Å². The highest BCUT2D eigenvalue weighted by Gasteiger charge is 2.20. The summed E-state index contributed by atoms with van der Waals surface area (Å²) >= 11 is 0. The molecule has 1 fully saturated rings. The Balaban J connectivity index is 2.34. The number of rotatable bonds is 9. The fraction of sp³-hybridized carbons (Fsp3) is 0.882. The summed E-state index contributed by atoms with van der Waals surface area (Å²) in [5.74, 6) is 5.55. The van der Waals surface area contributed by atoms with Crippen molar-refractivity contribution >= 4 is 0 Å². The minimum absolute atomic E-state index is 0.0372. The molecule has 1 aliphatic rings. The molecule has 1 rings (SSSR count). The van der Waals surface area contributed by atoms with E-state index in [-0.39, 0.29) is 12.4 Å². The minimum Gasteiger partial charge on any atom is -0.380 e. The van der Waals surface area contributed by atoms with Crippen molar-refractivity contribution in [3.8, 4) is 11.8 Å². The zero-order valence-corrected chi connectivity index (χ0v) is 13.1. The van der Waals surface area contributed by atoms with Crippen LogP contribution in [-0.4, -0.2) is 30.2 Å². The number of hydrogen-bond acceptors (Lipinski definition) is 3. The van der Waals surface area contributed by atoms with E-state index in [1.54, 1.807) is 6.92 Å². The van der Waals surface area contributed by atoms with Crippen LogP contribution in [0.2, 0.25) is 0 Å². The Hall–Kier alpha value is -0.560. The number of aliphatic hydroxyl groups is 1. The Bertz CT molecular complexity index is 286. The van der Waals surface area contributed by atoms with Crippen LogP contribution in [0.25, 0.3) is 0 Å². The molecule has 0 aromatic heterocycles. The van der Waals surface area contributed by atoms with Crippen molar-refractivity contribution in [3.05, 3.63) is 0 Å². The molecule has 116 valence electrons. The van der Waals surface area contributed by atoms with E-state index >= 15 is 0 Å². The number of unbranched alkanes of at least 4 members (excludes halogenated alkanes) is 2. The van der Waals surface area contributed by atoms with Crippen LogP contribution in [0.1, 0.15) is 71.6 Å². The summed E-state index contributed by atoms with van der Waals surface area (Å²) in [4.78, 5) is 0. The normalized spacial score (nSPS) is 21.9. The van der Waals surface area contributed by atoms with Crippen molar-refractivity contribution in [3.63, 3.8) is 0 Å². The van der Waals surface area contributed by atoms with Crippen molar-refractivity contribution in [1.29, 1.82) is 0 Å². The van der Waals surface area contributed by atoms with Gasteiger partial charge >= 0.3 is 0 Å². The molecule has 3 atom stereocenters. The summed E-state index contributed by atoms with van der Waals surface area (Å²) in [6, 6.07) is 0. The van der Waals surface area contributed by atoms with Gasteiger partial charge in [0.1, 0.15) is 6.10 Å². The molecule has 0 saturated carbocycles. The average molecular weight is 282 g/mol. The average Bonchev–Trinajstić information content (AvgIpc) is 2.46. The monoisotopic (exact) mass is 282 g/mol. The van der Waals surface area contributed by atoms with Gasteiger partial charge in [-0.1, -0.05) is 32.1 Å². The maximum Gasteiger partial charge on any atom is 0.157 e. The lowest BCUT2D eigenvalue weighted by molar-refractivity contribution is -0.191. The van der Waals surface area contributed by atoms with Crippen molar-refractivity contribution in [1.82, 2.24) is 0 Å². The van der Waals surface area contributed by atoms with Gasteiger partial charge in [0, 0.05) is 6.61 Å². The summed E-state index contributed by atoms with van der Waals surface area (Å²) in [7, 11) is 0. The third-order valence-electron chi connectivity index (χ3n) is 3.68. The lowest BCUT2D eigenvalue weighted by Gasteiger charge is -2.28. The van der Waals surface area contributed by atoms with Gasteiger partial charge in [-0.25, -0.2) is 0 Å². The van der Waals surface area contributed by atoms with Crippen LogP contribution in [0.4, 0.5) is 0 Å². The molecule has 0 spiro atoms. The van der Waals surface area contributed by atoms with Crippen LogP contribution in [0.5, 0.6) is 0 Å². The van der Waals surface area contributed by atoms with Gasteiger partial charge in [0.15, 0.2) is 6.29 Å². The molecule has 3 heteroatoms. The first kappa shape index (κ1) is 17.5. The van der Waals surface area contributed by atoms with Gasteiger partial charge in [0.25, 0.3) is 0 Å². The topological polar surface area (TPSA) is 38.7 Å². The quantitative estimate of drug-likeness (QED) is 0.518. The molecule has 0 radical (unpaired) electrons. The summed E-state index contributed by atoms with van der Waals surface area (Å²) in [6.07, 6.45) is 9.21. The van der Waals surface area contributed by atoms with Crippen LogP contribution in [0.3, 0.4) is 0 Å². The van der Waals surface area contributed by atoms with Crippen LogP contribution in [-0.2, 0) is 9.47 Å². The standard InChI is InChI=1S/C17H30O3/c1-3-5-6-10-16(13-12-15(18)9-4-2)20-17-11-7-8-14-19-17/h15-18H,3,5-8,10-14H2,1-2H3. The fourth-order valence-corrected chi connectivity index (χ4v) is 2.52. The van der Waals surface area contributed by atoms with E-state index in [0.29, 0.717) is 6.42 Å². The van der Waals surface area contributed by atoms with E-state index in [4.69, 9.17) is 9.47 Å². The zero-order chi connectivity index (χ0) is 14.6. The van der Waals surface area contributed by atoms with E-state index < -0.39 is 6.10 Å². The van der Waals surface area contributed by atoms with Crippen molar-refractivity contribution in [2.75, 3.05) is 6.61 Å². The summed E-state index contributed by atoms with van der Waals surface area (Å²) in [5.41, 5.74) is 0. The van der Waals surface area contributed by atoms with E-state index in [1.807, 2.05) is 0 Å². The van der Waals surface area contributed by atoms with Gasteiger partial charge in [-0.15, -0.1) is 5.92 Å². The first-order valence-corrected chi connectivity index (χ1v) is 8.13. The minimum atomic E-state index is -0.524. The molecule has 3 unspecified atom stereocenters. The molecular weight excluding hydrogens is 252 g/mol. The van der Waals surface area contributed by atoms with Crippen LogP contribution in [0.15, 0.2) is 0 Å². The van der Waals surface area contributed by atoms with Gasteiger partial charge < -0.3 is 14.6 Å². The maximum atomic E-state index is 9.72. The predicted octanol–water partition coefficient (Wildman–Crippen LogP) is 3.64. The fourth-order valence-electron chi connectivity index (χ4n) is 2.52. The zero-order valence-electron chi connectivity index (χ0n) is 13.1. The first-order valence-electron chi connectivity index (χ1n) is 8.13. The molecule has 0 amide bonds. The van der Waals surface area contributed by atoms with Crippen molar-refractivity contribution in [2.45, 2.75) is 90.1 Å². The maximum absolute atomic E-state index is 9.72. The highest BCUT2D eigenvalue weighted by molar-refractivity contribution is 5.01. The Morgan fingerprint density at radius 1 is 1.25 bits per heavy atom. The molecule has 0 aromatic rings. The molecule has 20 heavy (non-hydrogen) atoms. The highest BCUT2D eigenvalue weighted by Crippen LogP contribution is 2.21. The smallest absolute Gasteiger partial charge is 0.157 e. The number of aliphatic hydroxyl groups excluding tert-OH is 1. The van der Waals surface area contributed by atoms with E-state index in [2.05, 4.69) is 18.8 Å². The Morgan fingerprint density at radius 3 is 2.75 bits per heavy atom. The SMILES string of the molecule is CC#CC(O)CCC(CCCCC)OC1CCCCO1. The second kappa shape index (κ2) is 11.1. The van der Waals surface area contributed by atoms with E-state index in [1.165, 1.54) is 25.7 Å². The first-order chi connectivity index (χ1) is 9.76. The molecule has 0 aliphatic carbocycles. The lowest BCUT2D eigenvalue weighted by Crippen LogP contribution is -2.28. The van der Waals surface area contributed by atoms with Crippen molar-refractivity contribution < 1.29 is 14.6 Å². The summed E-state index contributed by atoms with van der Waals surface area (Å²) in [5, 5.41) is 9.72. The number of ether oxygens (including phenoxy) is 2.